The van der Waals surface area contributed by atoms with E-state index in [1.165, 1.54) is 135 Å². The van der Waals surface area contributed by atoms with Crippen molar-refractivity contribution in [1.29, 1.82) is 0 Å². The summed E-state index contributed by atoms with van der Waals surface area (Å²) in [5.74, 6) is 1.59. The summed E-state index contributed by atoms with van der Waals surface area (Å²) in [4.78, 5) is 22.9. The van der Waals surface area contributed by atoms with Gasteiger partial charge >= 0.3 is 0 Å². The Morgan fingerprint density at radius 2 is 0.648 bits per heavy atom. The van der Waals surface area contributed by atoms with Crippen LogP contribution in [-0.4, -0.2) is 54.7 Å². The molecule has 0 bridgehead atoms. The molecular formula is C113H69B2N9Si. The van der Waals surface area contributed by atoms with E-state index >= 15 is 0 Å². The third-order valence-electron chi connectivity index (χ3n) is 27.9. The zero-order chi connectivity index (χ0) is 81.4. The largest absolute Gasteiger partial charge is 0.312 e. The second kappa shape index (κ2) is 25.9. The molecule has 576 valence electrons. The number of hydrogen-bond acceptors (Lipinski definition) is 5. The first kappa shape index (κ1) is 68.6. The van der Waals surface area contributed by atoms with Crippen molar-refractivity contribution < 1.29 is 0 Å². The number of anilines is 6. The van der Waals surface area contributed by atoms with Crippen molar-refractivity contribution in [2.45, 2.75) is 0 Å². The molecule has 0 radical (unpaired) electrons. The molecule has 24 aromatic rings. The molecule has 0 fully saturated rings. The minimum absolute atomic E-state index is 0.0838. The second-order valence-electron chi connectivity index (χ2n) is 33.9. The zero-order valence-electron chi connectivity index (χ0n) is 67.5. The molecule has 9 heterocycles. The average Bonchev–Trinajstić information content (AvgIpc) is 1.58. The maximum Gasteiger partial charge on any atom is 0.248 e. The van der Waals surface area contributed by atoms with Gasteiger partial charge in [-0.2, -0.15) is 15.0 Å². The molecule has 28 rings (SSSR count). The van der Waals surface area contributed by atoms with Crippen molar-refractivity contribution in [2.75, 3.05) is 9.80 Å². The van der Waals surface area contributed by atoms with E-state index in [0.29, 0.717) is 17.7 Å². The normalized spacial score (nSPS) is 13.1. The number of aromatic nitrogens is 7. The molecule has 0 atom stereocenters. The van der Waals surface area contributed by atoms with Gasteiger partial charge in [0.05, 0.1) is 44.1 Å². The van der Waals surface area contributed by atoms with Crippen LogP contribution < -0.4 is 63.3 Å². The van der Waals surface area contributed by atoms with Crippen LogP contribution in [-0.2, 0) is 0 Å². The second-order valence-corrected chi connectivity index (χ2v) is 37.7. The van der Waals surface area contributed by atoms with Gasteiger partial charge in [-0.3, -0.25) is 9.47 Å². The van der Waals surface area contributed by atoms with Crippen molar-refractivity contribution in [2.24, 2.45) is 0 Å². The highest BCUT2D eigenvalue weighted by atomic mass is 28.3. The number of hydrogen-bond donors (Lipinski definition) is 0. The third-order valence-corrected chi connectivity index (χ3v) is 32.7. The predicted molar refractivity (Wildman–Crippen MR) is 525 cm³/mol. The fraction of sp³-hybridized carbons (Fsp3) is 0. The average molecular weight is 1600 g/mol. The maximum atomic E-state index is 6.05. The molecule has 0 amide bonds. The molecule has 0 spiro atoms. The minimum Gasteiger partial charge on any atom is -0.312 e. The van der Waals surface area contributed by atoms with Gasteiger partial charge in [0.15, 0.2) is 13.9 Å². The SMILES string of the molecule is c1ccc(N2c3ccccc3B3c4c2ccc2c(-c5ccc6c(c5)B5c7c(ccc8ccc9c(c78)c7c5cccc7n9-c5ccccc5)N6c5nc(-c6cccc([Si](c7ccccc7)(c7ccccc7)c7ccccc7)c6)nc(-n6c7ccccc7c7ccccc76)n5)cc5c(c42)c2c3cccc2n5-c2cccc(-n3c4ccccc4c4ccccc43)c2)cc1. The maximum absolute atomic E-state index is 6.05. The highest BCUT2D eigenvalue weighted by molar-refractivity contribution is 7.20. The quantitative estimate of drug-likeness (QED) is 0.0901. The van der Waals surface area contributed by atoms with Crippen LogP contribution in [0, 0.1) is 0 Å². The topological polar surface area (TPSA) is 64.9 Å². The van der Waals surface area contributed by atoms with E-state index in [4.69, 9.17) is 15.0 Å². The van der Waals surface area contributed by atoms with E-state index < -0.39 is 8.07 Å². The Balaban J connectivity index is 0.738. The lowest BCUT2D eigenvalue weighted by atomic mass is 9.32. The van der Waals surface area contributed by atoms with E-state index in [1.807, 2.05) is 0 Å². The van der Waals surface area contributed by atoms with E-state index in [0.717, 1.165) is 89.1 Å². The van der Waals surface area contributed by atoms with Crippen molar-refractivity contribution in [3.05, 3.63) is 419 Å². The Bertz CT molecular complexity index is 8580. The highest BCUT2D eigenvalue weighted by Gasteiger charge is 2.47. The Morgan fingerprint density at radius 1 is 0.216 bits per heavy atom. The minimum atomic E-state index is -3.09. The Morgan fingerprint density at radius 3 is 1.28 bits per heavy atom. The van der Waals surface area contributed by atoms with Crippen LogP contribution in [0.4, 0.5) is 34.4 Å². The van der Waals surface area contributed by atoms with Gasteiger partial charge in [0.1, 0.15) is 0 Å². The summed E-state index contributed by atoms with van der Waals surface area (Å²) < 4.78 is 9.81. The molecule has 9 nitrogen and oxygen atoms in total. The van der Waals surface area contributed by atoms with Gasteiger partial charge in [-0.15, -0.1) is 0 Å². The summed E-state index contributed by atoms with van der Waals surface area (Å²) in [6, 6.07) is 157. The summed E-state index contributed by atoms with van der Waals surface area (Å²) in [5, 5.41) is 19.7. The zero-order valence-corrected chi connectivity index (χ0v) is 68.5. The van der Waals surface area contributed by atoms with Crippen LogP contribution in [0.5, 0.6) is 0 Å². The van der Waals surface area contributed by atoms with Gasteiger partial charge in [-0.1, -0.05) is 314 Å². The summed E-state index contributed by atoms with van der Waals surface area (Å²) >= 11 is 0. The standard InChI is InChI=1S/C113H69B2N9Si/c1-6-31-73(32-7-1)119-95-55-25-20-48-87(95)114-88-49-28-57-98-106(88)108-102(122(98)76-36-27-35-75(68-76)121-91-51-21-16-44-81(91)82-45-17-22-52-92(82)121)69-86(85-61-65-100(119)110(114)104(85)108)71-60-62-96-90(67-71)115-89-50-29-56-97-105(89)107-99(120(97)74-33-8-2-9-34-74)63-58-70-59-64-101(109(115)103(70)107)124(96)113-117-111(116-112(118-113)123-93-53-23-18-46-83(93)84-47-19-24-54-94(84)123)72-30-26-43-80(66-72)125(77-37-10-3-11-38-77,78-39-12-4-13-40-78)79-41-14-5-15-42-79/h1-69H. The van der Waals surface area contributed by atoms with E-state index in [-0.39, 0.29) is 13.4 Å². The van der Waals surface area contributed by atoms with Crippen molar-refractivity contribution >= 4 is 218 Å². The van der Waals surface area contributed by atoms with Crippen LogP contribution in [0.3, 0.4) is 0 Å². The number of rotatable bonds is 12. The van der Waals surface area contributed by atoms with Gasteiger partial charge in [0.25, 0.3) is 0 Å². The third kappa shape index (κ3) is 9.39. The van der Waals surface area contributed by atoms with E-state index in [1.54, 1.807) is 0 Å². The van der Waals surface area contributed by atoms with E-state index in [9.17, 15) is 0 Å². The fourth-order valence-electron chi connectivity index (χ4n) is 23.1. The van der Waals surface area contributed by atoms with Crippen molar-refractivity contribution in [1.82, 2.24) is 33.2 Å². The summed E-state index contributed by atoms with van der Waals surface area (Å²) in [7, 11) is -3.09. The molecule has 5 aromatic heterocycles. The molecule has 0 aliphatic carbocycles. The van der Waals surface area contributed by atoms with Crippen LogP contribution in [0.25, 0.3) is 154 Å². The molecule has 0 saturated heterocycles. The van der Waals surface area contributed by atoms with Crippen LogP contribution in [0.15, 0.2) is 419 Å². The van der Waals surface area contributed by atoms with Gasteiger partial charge < -0.3 is 18.6 Å². The molecule has 19 aromatic carbocycles. The fourth-order valence-corrected chi connectivity index (χ4v) is 27.9. The van der Waals surface area contributed by atoms with Gasteiger partial charge in [0, 0.05) is 94.2 Å². The van der Waals surface area contributed by atoms with Crippen molar-refractivity contribution in [3.8, 4) is 45.5 Å². The molecule has 0 unspecified atom stereocenters. The summed E-state index contributed by atoms with van der Waals surface area (Å²) in [6.07, 6.45) is 0. The lowest BCUT2D eigenvalue weighted by Crippen LogP contribution is -2.74. The number of para-hydroxylation sites is 7. The Hall–Kier alpha value is -16.1. The molecule has 0 saturated carbocycles. The van der Waals surface area contributed by atoms with Gasteiger partial charge in [-0.05, 0) is 191 Å². The molecule has 125 heavy (non-hydrogen) atoms. The lowest BCUT2D eigenvalue weighted by Gasteiger charge is -2.39. The van der Waals surface area contributed by atoms with Crippen LogP contribution in [0.2, 0.25) is 0 Å². The Labute approximate surface area is 720 Å². The van der Waals surface area contributed by atoms with Crippen molar-refractivity contribution in [3.63, 3.8) is 0 Å². The van der Waals surface area contributed by atoms with Crippen LogP contribution >= 0.6 is 0 Å². The monoisotopic (exact) mass is 1600 g/mol. The van der Waals surface area contributed by atoms with Gasteiger partial charge in [0.2, 0.25) is 25.3 Å². The molecular weight excluding hydrogens is 1530 g/mol. The predicted octanol–water partition coefficient (Wildman–Crippen LogP) is 20.5. The Kier molecular flexibility index (Phi) is 14.2. The molecule has 0 N–H and O–H groups in total. The molecule has 4 aliphatic rings. The van der Waals surface area contributed by atoms with Crippen LogP contribution in [0.1, 0.15) is 0 Å². The highest BCUT2D eigenvalue weighted by Crippen LogP contribution is 2.50. The number of fused-ring (bicyclic) bond motifs is 12. The smallest absolute Gasteiger partial charge is 0.248 e. The van der Waals surface area contributed by atoms with E-state index in [2.05, 4.69) is 447 Å². The number of nitrogens with zero attached hydrogens (tertiary/aromatic N) is 9. The first-order chi connectivity index (χ1) is 62.1. The first-order valence-electron chi connectivity index (χ1n) is 43.2. The molecule has 12 heteroatoms. The molecule has 4 aliphatic heterocycles. The van der Waals surface area contributed by atoms with Gasteiger partial charge in [-0.25, -0.2) is 0 Å². The first-order valence-corrected chi connectivity index (χ1v) is 45.2. The lowest BCUT2D eigenvalue weighted by molar-refractivity contribution is 0.934. The summed E-state index contributed by atoms with van der Waals surface area (Å²) in [5.41, 5.74) is 28.5. The number of benzene rings is 19. The summed E-state index contributed by atoms with van der Waals surface area (Å²) in [6.45, 7) is -0.339.